The van der Waals surface area contributed by atoms with E-state index < -0.39 is 0 Å². The van der Waals surface area contributed by atoms with E-state index in [2.05, 4.69) is 12.1 Å². The maximum atomic E-state index is 12.8. The van der Waals surface area contributed by atoms with Gasteiger partial charge in [-0.05, 0) is 36.8 Å². The highest BCUT2D eigenvalue weighted by Gasteiger charge is 2.42. The number of rotatable bonds is 7. The lowest BCUT2D eigenvalue weighted by Gasteiger charge is -2.31. The fourth-order valence-corrected chi connectivity index (χ4v) is 3.47. The first kappa shape index (κ1) is 16.7. The lowest BCUT2D eigenvalue weighted by atomic mass is 9.75. The van der Waals surface area contributed by atoms with Crippen molar-refractivity contribution >= 4 is 5.97 Å². The monoisotopic (exact) mass is 323 g/mol. The third-order valence-corrected chi connectivity index (χ3v) is 4.82. The maximum absolute atomic E-state index is 12.8. The molecular weight excluding hydrogens is 298 g/mol. The zero-order chi connectivity index (χ0) is 16.9. The summed E-state index contributed by atoms with van der Waals surface area (Å²) in [5.74, 6) is -0.131. The Bertz CT molecular complexity index is 652. The van der Waals surface area contributed by atoms with Gasteiger partial charge in [0.15, 0.2) is 0 Å². The van der Waals surface area contributed by atoms with Crippen LogP contribution in [0.2, 0.25) is 0 Å². The molecule has 0 aromatic heterocycles. The quantitative estimate of drug-likeness (QED) is 0.787. The highest BCUT2D eigenvalue weighted by atomic mass is 16.5. The van der Waals surface area contributed by atoms with Crippen LogP contribution in [0.5, 0.6) is 0 Å². The zero-order valence-corrected chi connectivity index (χ0v) is 14.1. The molecular formula is C21H25NO2. The minimum Gasteiger partial charge on any atom is -0.466 e. The van der Waals surface area contributed by atoms with E-state index in [0.29, 0.717) is 12.5 Å². The van der Waals surface area contributed by atoms with Crippen LogP contribution in [-0.4, -0.2) is 18.6 Å². The van der Waals surface area contributed by atoms with Crippen LogP contribution in [0, 0.1) is 5.92 Å². The first-order chi connectivity index (χ1) is 11.7. The van der Waals surface area contributed by atoms with Gasteiger partial charge in [-0.2, -0.15) is 0 Å². The smallest absolute Gasteiger partial charge is 0.314 e. The van der Waals surface area contributed by atoms with Crippen LogP contribution in [0.1, 0.15) is 42.7 Å². The van der Waals surface area contributed by atoms with Gasteiger partial charge in [0.1, 0.15) is 0 Å². The normalized spacial score (nSPS) is 17.8. The molecule has 3 unspecified atom stereocenters. The number of carbonyl (C=O) groups is 1. The molecule has 1 fully saturated rings. The van der Waals surface area contributed by atoms with E-state index in [-0.39, 0.29) is 23.8 Å². The Hall–Kier alpha value is -2.13. The van der Waals surface area contributed by atoms with Crippen LogP contribution in [-0.2, 0) is 9.53 Å². The molecule has 1 saturated carbocycles. The third-order valence-electron chi connectivity index (χ3n) is 4.82. The van der Waals surface area contributed by atoms with Gasteiger partial charge in [0.25, 0.3) is 0 Å². The van der Waals surface area contributed by atoms with Crippen molar-refractivity contribution in [2.45, 2.75) is 37.6 Å². The predicted octanol–water partition coefficient (Wildman–Crippen LogP) is 3.85. The lowest BCUT2D eigenvalue weighted by molar-refractivity contribution is -0.145. The van der Waals surface area contributed by atoms with Gasteiger partial charge < -0.3 is 10.5 Å². The largest absolute Gasteiger partial charge is 0.466 e. The molecule has 126 valence electrons. The van der Waals surface area contributed by atoms with Crippen LogP contribution in [0.3, 0.4) is 0 Å². The van der Waals surface area contributed by atoms with Crippen molar-refractivity contribution in [1.29, 1.82) is 0 Å². The van der Waals surface area contributed by atoms with Gasteiger partial charge in [-0.3, -0.25) is 4.79 Å². The van der Waals surface area contributed by atoms with Gasteiger partial charge in [0.05, 0.1) is 12.5 Å². The molecule has 0 saturated heterocycles. The molecule has 0 heterocycles. The summed E-state index contributed by atoms with van der Waals surface area (Å²) in [4.78, 5) is 12.8. The minimum atomic E-state index is -0.371. The average Bonchev–Trinajstić information content (AvgIpc) is 3.46. The number of hydrogen-bond acceptors (Lipinski definition) is 3. The number of carbonyl (C=O) groups excluding carboxylic acids is 1. The van der Waals surface area contributed by atoms with E-state index >= 15 is 0 Å². The Balaban J connectivity index is 2.04. The van der Waals surface area contributed by atoms with Gasteiger partial charge in [-0.1, -0.05) is 60.7 Å². The predicted molar refractivity (Wildman–Crippen MR) is 95.7 cm³/mol. The van der Waals surface area contributed by atoms with Gasteiger partial charge in [0.2, 0.25) is 0 Å². The standard InChI is InChI=1S/C21H25NO2/c1-2-24-21(23)19(16-11-7-4-8-12-16)18(20(22)17-13-14-17)15-9-5-3-6-10-15/h3-12,17-20H,2,13-14,22H2,1H3. The van der Waals surface area contributed by atoms with Crippen LogP contribution in [0.15, 0.2) is 60.7 Å². The number of benzene rings is 2. The van der Waals surface area contributed by atoms with Crippen LogP contribution >= 0.6 is 0 Å². The Labute approximate surface area is 143 Å². The van der Waals surface area contributed by atoms with Crippen molar-refractivity contribution in [2.24, 2.45) is 11.7 Å². The van der Waals surface area contributed by atoms with Crippen molar-refractivity contribution in [1.82, 2.24) is 0 Å². The van der Waals surface area contributed by atoms with Crippen molar-refractivity contribution < 1.29 is 9.53 Å². The van der Waals surface area contributed by atoms with E-state index in [1.165, 1.54) is 0 Å². The molecule has 0 bridgehead atoms. The van der Waals surface area contributed by atoms with E-state index in [1.807, 2.05) is 55.5 Å². The van der Waals surface area contributed by atoms with E-state index in [1.54, 1.807) is 0 Å². The van der Waals surface area contributed by atoms with Gasteiger partial charge >= 0.3 is 5.97 Å². The molecule has 2 aromatic rings. The number of hydrogen-bond donors (Lipinski definition) is 1. The summed E-state index contributed by atoms with van der Waals surface area (Å²) >= 11 is 0. The Kier molecular flexibility index (Phi) is 5.31. The molecule has 1 aliphatic carbocycles. The fraction of sp³-hybridized carbons (Fsp3) is 0.381. The summed E-state index contributed by atoms with van der Waals surface area (Å²) in [6, 6.07) is 20.0. The third kappa shape index (κ3) is 3.68. The summed E-state index contributed by atoms with van der Waals surface area (Å²) in [6.07, 6.45) is 2.30. The molecule has 3 rings (SSSR count). The topological polar surface area (TPSA) is 52.3 Å². The van der Waals surface area contributed by atoms with Crippen molar-refractivity contribution in [2.75, 3.05) is 6.61 Å². The highest BCUT2D eigenvalue weighted by molar-refractivity contribution is 5.80. The first-order valence-electron chi connectivity index (χ1n) is 8.74. The summed E-state index contributed by atoms with van der Waals surface area (Å²) in [6.45, 7) is 2.22. The van der Waals surface area contributed by atoms with Crippen LogP contribution in [0.25, 0.3) is 0 Å². The first-order valence-corrected chi connectivity index (χ1v) is 8.74. The van der Waals surface area contributed by atoms with Gasteiger partial charge in [-0.15, -0.1) is 0 Å². The summed E-state index contributed by atoms with van der Waals surface area (Å²) in [7, 11) is 0. The molecule has 3 atom stereocenters. The second kappa shape index (κ2) is 7.63. The molecule has 0 aliphatic heterocycles. The SMILES string of the molecule is CCOC(=O)C(c1ccccc1)C(c1ccccc1)C(N)C1CC1. The number of nitrogens with two attached hydrogens (primary N) is 1. The second-order valence-electron chi connectivity index (χ2n) is 6.49. The fourth-order valence-electron chi connectivity index (χ4n) is 3.47. The summed E-state index contributed by atoms with van der Waals surface area (Å²) < 4.78 is 5.42. The lowest BCUT2D eigenvalue weighted by Crippen LogP contribution is -2.37. The molecule has 0 radical (unpaired) electrons. The van der Waals surface area contributed by atoms with Gasteiger partial charge in [-0.25, -0.2) is 0 Å². The van der Waals surface area contributed by atoms with E-state index in [4.69, 9.17) is 10.5 Å². The minimum absolute atomic E-state index is 0.0398. The number of ether oxygens (including phenoxy) is 1. The summed E-state index contributed by atoms with van der Waals surface area (Å²) in [5, 5.41) is 0. The second-order valence-corrected chi connectivity index (χ2v) is 6.49. The van der Waals surface area contributed by atoms with E-state index in [0.717, 1.165) is 24.0 Å². The van der Waals surface area contributed by atoms with Crippen molar-refractivity contribution in [3.8, 4) is 0 Å². The molecule has 2 aromatic carbocycles. The van der Waals surface area contributed by atoms with Crippen molar-refractivity contribution in [3.63, 3.8) is 0 Å². The molecule has 3 nitrogen and oxygen atoms in total. The highest BCUT2D eigenvalue weighted by Crippen LogP contribution is 2.44. The zero-order valence-electron chi connectivity index (χ0n) is 14.1. The molecule has 0 amide bonds. The molecule has 0 spiro atoms. The Morgan fingerprint density at radius 1 is 1.04 bits per heavy atom. The molecule has 1 aliphatic rings. The molecule has 2 N–H and O–H groups in total. The number of esters is 1. The average molecular weight is 323 g/mol. The Morgan fingerprint density at radius 3 is 2.08 bits per heavy atom. The van der Waals surface area contributed by atoms with E-state index in [9.17, 15) is 4.79 Å². The molecule has 24 heavy (non-hydrogen) atoms. The maximum Gasteiger partial charge on any atom is 0.314 e. The van der Waals surface area contributed by atoms with Gasteiger partial charge in [0, 0.05) is 12.0 Å². The van der Waals surface area contributed by atoms with Crippen LogP contribution < -0.4 is 5.73 Å². The van der Waals surface area contributed by atoms with Crippen molar-refractivity contribution in [3.05, 3.63) is 71.8 Å². The van der Waals surface area contributed by atoms with Crippen LogP contribution in [0.4, 0.5) is 0 Å². The molecule has 3 heteroatoms. The Morgan fingerprint density at radius 2 is 1.58 bits per heavy atom. The summed E-state index contributed by atoms with van der Waals surface area (Å²) in [5.41, 5.74) is 8.70.